The van der Waals surface area contributed by atoms with Crippen molar-refractivity contribution < 1.29 is 0 Å². The van der Waals surface area contributed by atoms with Gasteiger partial charge in [0.1, 0.15) is 0 Å². The average molecular weight is 286 g/mol. The van der Waals surface area contributed by atoms with Crippen molar-refractivity contribution in [3.63, 3.8) is 0 Å². The fraction of sp³-hybridized carbons (Fsp3) is 0.333. The fourth-order valence-electron chi connectivity index (χ4n) is 2.51. The van der Waals surface area contributed by atoms with E-state index in [0.717, 1.165) is 17.5 Å². The smallest absolute Gasteiger partial charge is 0.0406 e. The van der Waals surface area contributed by atoms with E-state index in [2.05, 4.69) is 48.6 Å². The van der Waals surface area contributed by atoms with Crippen LogP contribution in [0.4, 0.5) is 0 Å². The van der Waals surface area contributed by atoms with Crippen molar-refractivity contribution in [2.45, 2.75) is 38.3 Å². The van der Waals surface area contributed by atoms with Crippen LogP contribution >= 0.6 is 11.6 Å². The van der Waals surface area contributed by atoms with Gasteiger partial charge in [-0.05, 0) is 54.5 Å². The zero-order valence-corrected chi connectivity index (χ0v) is 12.5. The highest BCUT2D eigenvalue weighted by molar-refractivity contribution is 6.30. The molecule has 1 saturated carbocycles. The molecule has 3 rings (SSSR count). The van der Waals surface area contributed by atoms with E-state index in [1.807, 2.05) is 12.1 Å². The first-order valence-corrected chi connectivity index (χ1v) is 7.68. The monoisotopic (exact) mass is 285 g/mol. The van der Waals surface area contributed by atoms with Crippen LogP contribution in [0.2, 0.25) is 5.02 Å². The maximum Gasteiger partial charge on any atom is 0.0406 e. The lowest BCUT2D eigenvalue weighted by atomic mass is 10.1. The highest BCUT2D eigenvalue weighted by Crippen LogP contribution is 2.40. The number of nitrogens with one attached hydrogen (secondary N) is 1. The number of benzene rings is 2. The summed E-state index contributed by atoms with van der Waals surface area (Å²) in [7, 11) is 0. The zero-order valence-electron chi connectivity index (χ0n) is 11.8. The number of halogens is 1. The Morgan fingerprint density at radius 3 is 2.60 bits per heavy atom. The van der Waals surface area contributed by atoms with E-state index in [0.29, 0.717) is 6.04 Å². The second-order valence-electron chi connectivity index (χ2n) is 5.67. The van der Waals surface area contributed by atoms with Crippen LogP contribution in [0.15, 0.2) is 48.5 Å². The second kappa shape index (κ2) is 5.99. The number of hydrogen-bond acceptors (Lipinski definition) is 1. The Balaban J connectivity index is 1.61. The molecule has 0 unspecified atom stereocenters. The van der Waals surface area contributed by atoms with Crippen molar-refractivity contribution in [3.8, 4) is 0 Å². The molecular formula is C18H20ClN. The van der Waals surface area contributed by atoms with Gasteiger partial charge in [0.15, 0.2) is 0 Å². The van der Waals surface area contributed by atoms with Gasteiger partial charge in [-0.25, -0.2) is 0 Å². The van der Waals surface area contributed by atoms with Crippen LogP contribution in [0.5, 0.6) is 0 Å². The molecule has 2 aromatic rings. The van der Waals surface area contributed by atoms with Gasteiger partial charge in [0, 0.05) is 17.6 Å². The Bertz CT molecular complexity index is 572. The summed E-state index contributed by atoms with van der Waals surface area (Å²) in [6, 6.07) is 17.4. The van der Waals surface area contributed by atoms with Crippen molar-refractivity contribution in [2.24, 2.45) is 0 Å². The molecule has 1 aliphatic rings. The van der Waals surface area contributed by atoms with Gasteiger partial charge in [-0.3, -0.25) is 0 Å². The number of rotatable bonds is 5. The van der Waals surface area contributed by atoms with Crippen LogP contribution in [0, 0.1) is 0 Å². The lowest BCUT2D eigenvalue weighted by Gasteiger charge is -2.15. The molecule has 0 aliphatic heterocycles. The van der Waals surface area contributed by atoms with E-state index in [4.69, 9.17) is 11.6 Å². The van der Waals surface area contributed by atoms with E-state index < -0.39 is 0 Å². The van der Waals surface area contributed by atoms with Crippen molar-refractivity contribution in [1.82, 2.24) is 5.32 Å². The molecule has 1 aliphatic carbocycles. The SMILES string of the molecule is C[C@@H](NCc1cccc(C2CC2)c1)c1ccc(Cl)cc1. The van der Waals surface area contributed by atoms with Crippen molar-refractivity contribution in [1.29, 1.82) is 0 Å². The normalized spacial score (nSPS) is 16.1. The minimum atomic E-state index is 0.330. The summed E-state index contributed by atoms with van der Waals surface area (Å²) in [5.41, 5.74) is 4.14. The molecule has 1 nitrogen and oxygen atoms in total. The summed E-state index contributed by atoms with van der Waals surface area (Å²) in [6.45, 7) is 3.10. The lowest BCUT2D eigenvalue weighted by Crippen LogP contribution is -2.18. The lowest BCUT2D eigenvalue weighted by molar-refractivity contribution is 0.574. The van der Waals surface area contributed by atoms with Crippen LogP contribution in [0.1, 0.15) is 48.4 Å². The Labute approximate surface area is 126 Å². The van der Waals surface area contributed by atoms with Crippen LogP contribution < -0.4 is 5.32 Å². The van der Waals surface area contributed by atoms with Gasteiger partial charge in [-0.2, -0.15) is 0 Å². The molecule has 20 heavy (non-hydrogen) atoms. The van der Waals surface area contributed by atoms with Gasteiger partial charge >= 0.3 is 0 Å². The minimum Gasteiger partial charge on any atom is -0.306 e. The minimum absolute atomic E-state index is 0.330. The zero-order chi connectivity index (χ0) is 13.9. The number of hydrogen-bond donors (Lipinski definition) is 1. The van der Waals surface area contributed by atoms with Crippen LogP contribution in [-0.2, 0) is 6.54 Å². The largest absolute Gasteiger partial charge is 0.306 e. The second-order valence-corrected chi connectivity index (χ2v) is 6.11. The molecule has 0 saturated heterocycles. The summed E-state index contributed by atoms with van der Waals surface area (Å²) in [5, 5.41) is 4.37. The molecule has 1 atom stereocenters. The van der Waals surface area contributed by atoms with Gasteiger partial charge in [0.25, 0.3) is 0 Å². The van der Waals surface area contributed by atoms with E-state index in [1.165, 1.54) is 29.5 Å². The molecule has 104 valence electrons. The van der Waals surface area contributed by atoms with Gasteiger partial charge in [-0.1, -0.05) is 48.0 Å². The first kappa shape index (κ1) is 13.7. The Morgan fingerprint density at radius 1 is 1.15 bits per heavy atom. The van der Waals surface area contributed by atoms with Crippen LogP contribution in [-0.4, -0.2) is 0 Å². The van der Waals surface area contributed by atoms with E-state index in [1.54, 1.807) is 0 Å². The molecule has 0 bridgehead atoms. The quantitative estimate of drug-likeness (QED) is 0.809. The molecule has 1 fully saturated rings. The maximum atomic E-state index is 5.92. The summed E-state index contributed by atoms with van der Waals surface area (Å²) in [6.07, 6.45) is 2.72. The molecule has 2 aromatic carbocycles. The maximum absolute atomic E-state index is 5.92. The van der Waals surface area contributed by atoms with Crippen LogP contribution in [0.3, 0.4) is 0 Å². The highest BCUT2D eigenvalue weighted by Gasteiger charge is 2.23. The van der Waals surface area contributed by atoms with Crippen molar-refractivity contribution in [3.05, 3.63) is 70.2 Å². The average Bonchev–Trinajstić information content (AvgIpc) is 3.30. The predicted octanol–water partition coefficient (Wildman–Crippen LogP) is 5.07. The molecule has 0 spiro atoms. The predicted molar refractivity (Wildman–Crippen MR) is 85.1 cm³/mol. The highest BCUT2D eigenvalue weighted by atomic mass is 35.5. The first-order chi connectivity index (χ1) is 9.72. The third-order valence-corrected chi connectivity index (χ3v) is 4.23. The molecule has 0 amide bonds. The van der Waals surface area contributed by atoms with Crippen molar-refractivity contribution >= 4 is 11.6 Å². The molecule has 0 heterocycles. The first-order valence-electron chi connectivity index (χ1n) is 7.30. The van der Waals surface area contributed by atoms with Crippen molar-refractivity contribution in [2.75, 3.05) is 0 Å². The third-order valence-electron chi connectivity index (χ3n) is 3.98. The summed E-state index contributed by atoms with van der Waals surface area (Å²) in [5.74, 6) is 0.823. The van der Waals surface area contributed by atoms with Crippen LogP contribution in [0.25, 0.3) is 0 Å². The fourth-order valence-corrected chi connectivity index (χ4v) is 2.64. The summed E-state index contributed by atoms with van der Waals surface area (Å²) >= 11 is 5.92. The Morgan fingerprint density at radius 2 is 1.90 bits per heavy atom. The molecule has 0 radical (unpaired) electrons. The Kier molecular flexibility index (Phi) is 4.09. The summed E-state index contributed by atoms with van der Waals surface area (Å²) < 4.78 is 0. The molecule has 1 N–H and O–H groups in total. The summed E-state index contributed by atoms with van der Waals surface area (Å²) in [4.78, 5) is 0. The topological polar surface area (TPSA) is 12.0 Å². The molecule has 0 aromatic heterocycles. The Hall–Kier alpha value is -1.31. The standard InChI is InChI=1S/C18H20ClN/c1-13(15-7-9-18(19)10-8-15)20-12-14-3-2-4-17(11-14)16-5-6-16/h2-4,7-11,13,16,20H,5-6,12H2,1H3/t13-/m1/s1. The van der Waals surface area contributed by atoms with Gasteiger partial charge < -0.3 is 5.32 Å². The van der Waals surface area contributed by atoms with Gasteiger partial charge in [0.2, 0.25) is 0 Å². The third kappa shape index (κ3) is 3.41. The van der Waals surface area contributed by atoms with E-state index >= 15 is 0 Å². The van der Waals surface area contributed by atoms with E-state index in [-0.39, 0.29) is 0 Å². The van der Waals surface area contributed by atoms with Gasteiger partial charge in [0.05, 0.1) is 0 Å². The van der Waals surface area contributed by atoms with E-state index in [9.17, 15) is 0 Å². The molecular weight excluding hydrogens is 266 g/mol. The van der Waals surface area contributed by atoms with Gasteiger partial charge in [-0.15, -0.1) is 0 Å². The molecule has 2 heteroatoms.